The summed E-state index contributed by atoms with van der Waals surface area (Å²) in [6.07, 6.45) is 0. The summed E-state index contributed by atoms with van der Waals surface area (Å²) < 4.78 is 10.3. The molecule has 4 heteroatoms. The average molecular weight is 243 g/mol. The van der Waals surface area contributed by atoms with E-state index < -0.39 is 17.2 Å². The summed E-state index contributed by atoms with van der Waals surface area (Å²) in [4.78, 5) is 22.8. The minimum Gasteiger partial charge on any atom is -0.457 e. The van der Waals surface area contributed by atoms with E-state index in [-0.39, 0.29) is 11.8 Å². The summed E-state index contributed by atoms with van der Waals surface area (Å²) in [7, 11) is 0. The van der Waals surface area contributed by atoms with E-state index in [0.717, 1.165) is 0 Å². The van der Waals surface area contributed by atoms with Gasteiger partial charge in [-0.25, -0.2) is 9.59 Å². The van der Waals surface area contributed by atoms with Gasteiger partial charge in [-0.15, -0.1) is 0 Å². The van der Waals surface area contributed by atoms with Crippen molar-refractivity contribution in [2.24, 2.45) is 11.8 Å². The first kappa shape index (κ1) is 15.9. The normalized spacial score (nSPS) is 12.8. The molecule has 17 heavy (non-hydrogen) atoms. The number of carbonyl (C=O) groups is 1. The van der Waals surface area contributed by atoms with E-state index in [9.17, 15) is 9.59 Å². The zero-order valence-corrected chi connectivity index (χ0v) is 11.8. The number of esters is 1. The van der Waals surface area contributed by atoms with Crippen LogP contribution in [0.1, 0.15) is 48.5 Å². The van der Waals surface area contributed by atoms with Gasteiger partial charge in [0.2, 0.25) is 5.60 Å². The fourth-order valence-corrected chi connectivity index (χ4v) is 1.84. The van der Waals surface area contributed by atoms with E-state index >= 15 is 0 Å². The van der Waals surface area contributed by atoms with Crippen molar-refractivity contribution in [2.75, 3.05) is 0 Å². The minimum atomic E-state index is -1.27. The van der Waals surface area contributed by atoms with Crippen LogP contribution in [0.15, 0.2) is 0 Å². The van der Waals surface area contributed by atoms with E-state index in [4.69, 9.17) is 9.47 Å². The molecule has 1 radical (unpaired) electrons. The quantitative estimate of drug-likeness (QED) is 0.696. The molecule has 0 aliphatic rings. The molecule has 0 aromatic heterocycles. The monoisotopic (exact) mass is 243 g/mol. The Kier molecular flexibility index (Phi) is 5.17. The maximum absolute atomic E-state index is 12.2. The van der Waals surface area contributed by atoms with Crippen LogP contribution in [0, 0.1) is 11.8 Å². The van der Waals surface area contributed by atoms with Crippen LogP contribution in [0.2, 0.25) is 0 Å². The first-order valence-electron chi connectivity index (χ1n) is 5.86. The molecule has 0 rings (SSSR count). The number of hydrogen-bond acceptors (Lipinski definition) is 4. The van der Waals surface area contributed by atoms with Gasteiger partial charge in [-0.3, -0.25) is 0 Å². The number of rotatable bonds is 5. The fraction of sp³-hybridized carbons (Fsp3) is 0.846. The van der Waals surface area contributed by atoms with Crippen molar-refractivity contribution in [2.45, 2.75) is 59.7 Å². The molecule has 0 aromatic rings. The van der Waals surface area contributed by atoms with Crippen LogP contribution in [-0.2, 0) is 19.1 Å². The Morgan fingerprint density at radius 2 is 1.47 bits per heavy atom. The molecule has 99 valence electrons. The second-order valence-electron chi connectivity index (χ2n) is 5.79. The third kappa shape index (κ3) is 3.72. The second kappa shape index (κ2) is 5.52. The molecule has 0 aliphatic carbocycles. The van der Waals surface area contributed by atoms with E-state index in [1.165, 1.54) is 6.47 Å². The zero-order valence-electron chi connectivity index (χ0n) is 11.8. The summed E-state index contributed by atoms with van der Waals surface area (Å²) in [6, 6.07) is 0. The van der Waals surface area contributed by atoms with Gasteiger partial charge in [0, 0.05) is 11.8 Å². The van der Waals surface area contributed by atoms with Crippen LogP contribution in [0.3, 0.4) is 0 Å². The summed E-state index contributed by atoms with van der Waals surface area (Å²) in [5.41, 5.74) is -1.88. The Balaban J connectivity index is 5.29. The van der Waals surface area contributed by atoms with E-state index in [0.29, 0.717) is 0 Å². The standard InChI is InChI=1S/C13H23O4/c1-9(2)13(10(3)4,16-8-14)11(15)17-12(5,6)7/h9-10H,1-7H3. The van der Waals surface area contributed by atoms with Crippen molar-refractivity contribution in [3.63, 3.8) is 0 Å². The molecule has 0 amide bonds. The lowest BCUT2D eigenvalue weighted by Crippen LogP contribution is -2.53. The molecule has 0 bridgehead atoms. The van der Waals surface area contributed by atoms with Gasteiger partial charge in [-0.2, -0.15) is 0 Å². The highest BCUT2D eigenvalue weighted by molar-refractivity contribution is 5.82. The van der Waals surface area contributed by atoms with Gasteiger partial charge in [-0.05, 0) is 20.8 Å². The van der Waals surface area contributed by atoms with Gasteiger partial charge in [0.25, 0.3) is 0 Å². The average Bonchev–Trinajstić information content (AvgIpc) is 2.09. The Morgan fingerprint density at radius 3 is 1.71 bits per heavy atom. The predicted octanol–water partition coefficient (Wildman–Crippen LogP) is 2.46. The Hall–Kier alpha value is -1.06. The fourth-order valence-electron chi connectivity index (χ4n) is 1.84. The van der Waals surface area contributed by atoms with Crippen LogP contribution in [0.4, 0.5) is 0 Å². The van der Waals surface area contributed by atoms with Crippen LogP contribution >= 0.6 is 0 Å². The first-order chi connectivity index (χ1) is 7.58. The maximum Gasteiger partial charge on any atom is 0.418 e. The van der Waals surface area contributed by atoms with Crippen molar-refractivity contribution in [3.05, 3.63) is 0 Å². The molecule has 0 saturated carbocycles. The Morgan fingerprint density at radius 1 is 1.06 bits per heavy atom. The first-order valence-corrected chi connectivity index (χ1v) is 5.86. The molecule has 0 fully saturated rings. The molecule has 0 aliphatic heterocycles. The minimum absolute atomic E-state index is 0.182. The van der Waals surface area contributed by atoms with Gasteiger partial charge >= 0.3 is 12.4 Å². The molecule has 4 nitrogen and oxygen atoms in total. The molecular weight excluding hydrogens is 220 g/mol. The smallest absolute Gasteiger partial charge is 0.418 e. The van der Waals surface area contributed by atoms with Gasteiger partial charge in [0.1, 0.15) is 5.60 Å². The molecule has 0 atom stereocenters. The Bertz CT molecular complexity index is 266. The molecule has 0 aromatic carbocycles. The summed E-state index contributed by atoms with van der Waals surface area (Å²) >= 11 is 0. The predicted molar refractivity (Wildman–Crippen MR) is 65.0 cm³/mol. The number of carbonyl (C=O) groups excluding carboxylic acids is 2. The van der Waals surface area contributed by atoms with Crippen molar-refractivity contribution < 1.29 is 19.1 Å². The van der Waals surface area contributed by atoms with Crippen LogP contribution in [0.5, 0.6) is 0 Å². The highest BCUT2D eigenvalue weighted by atomic mass is 16.6. The van der Waals surface area contributed by atoms with Crippen LogP contribution in [-0.4, -0.2) is 23.6 Å². The lowest BCUT2D eigenvalue weighted by molar-refractivity contribution is -0.185. The summed E-state index contributed by atoms with van der Waals surface area (Å²) in [5.74, 6) is -0.879. The van der Waals surface area contributed by atoms with Crippen LogP contribution < -0.4 is 0 Å². The highest BCUT2D eigenvalue weighted by Crippen LogP contribution is 2.32. The topological polar surface area (TPSA) is 52.6 Å². The highest BCUT2D eigenvalue weighted by Gasteiger charge is 2.49. The third-order valence-electron chi connectivity index (χ3n) is 2.64. The van der Waals surface area contributed by atoms with Crippen molar-refractivity contribution in [1.82, 2.24) is 0 Å². The Labute approximate surface area is 104 Å². The van der Waals surface area contributed by atoms with E-state index in [1.54, 1.807) is 20.8 Å². The number of hydrogen-bond donors (Lipinski definition) is 0. The van der Waals surface area contributed by atoms with Gasteiger partial charge in [0.15, 0.2) is 0 Å². The lowest BCUT2D eigenvalue weighted by Gasteiger charge is -2.38. The maximum atomic E-state index is 12.2. The van der Waals surface area contributed by atoms with Gasteiger partial charge in [0.05, 0.1) is 0 Å². The zero-order chi connectivity index (χ0) is 13.9. The second-order valence-corrected chi connectivity index (χ2v) is 5.79. The summed E-state index contributed by atoms with van der Waals surface area (Å²) in [6.45, 7) is 14.0. The molecule has 0 saturated heterocycles. The SMILES string of the molecule is CC(C)C(O[C]=O)(C(=O)OC(C)(C)C)C(C)C. The number of ether oxygens (including phenoxy) is 2. The van der Waals surface area contributed by atoms with Gasteiger partial charge < -0.3 is 9.47 Å². The van der Waals surface area contributed by atoms with Crippen molar-refractivity contribution >= 4 is 12.4 Å². The largest absolute Gasteiger partial charge is 0.457 e. The van der Waals surface area contributed by atoms with Crippen molar-refractivity contribution in [3.8, 4) is 0 Å². The van der Waals surface area contributed by atoms with Gasteiger partial charge in [-0.1, -0.05) is 27.7 Å². The third-order valence-corrected chi connectivity index (χ3v) is 2.64. The molecular formula is C13H23O4. The molecule has 0 unspecified atom stereocenters. The van der Waals surface area contributed by atoms with E-state index in [1.807, 2.05) is 27.7 Å². The summed E-state index contributed by atoms with van der Waals surface area (Å²) in [5, 5.41) is 0. The van der Waals surface area contributed by atoms with E-state index in [2.05, 4.69) is 0 Å². The molecule has 0 spiro atoms. The lowest BCUT2D eigenvalue weighted by atomic mass is 9.80. The van der Waals surface area contributed by atoms with Crippen LogP contribution in [0.25, 0.3) is 0 Å². The van der Waals surface area contributed by atoms with Crippen molar-refractivity contribution in [1.29, 1.82) is 0 Å². The molecule has 0 heterocycles. The molecule has 0 N–H and O–H groups in total.